The number of carboxylic acids is 1. The number of aromatic nitrogens is 1. The first-order valence-electron chi connectivity index (χ1n) is 16.9. The summed E-state index contributed by atoms with van der Waals surface area (Å²) in [5, 5.41) is 12.3. The molecule has 5 rings (SSSR count). The molecule has 1 saturated heterocycles. The number of rotatable bonds is 12. The van der Waals surface area contributed by atoms with Crippen molar-refractivity contribution in [3.63, 3.8) is 0 Å². The van der Waals surface area contributed by atoms with Crippen LogP contribution in [0.2, 0.25) is 0 Å². The molecule has 1 amide bonds. The zero-order valence-corrected chi connectivity index (χ0v) is 29.2. The maximum atomic E-state index is 16.5. The number of hydrogen-bond acceptors (Lipinski definition) is 4. The SMILES string of the molecule is Cc1cc(C)c(-c2cc(C)c(F)c([C@H](CC(=O)O)NC(=O)C(CC(C)C)n3cc(CCN4CC5(CC5)C4)c(C(F)(F)F)cc3=O)c2F)c(C)c1. The van der Waals surface area contributed by atoms with Crippen molar-refractivity contribution in [1.82, 2.24) is 14.8 Å². The van der Waals surface area contributed by atoms with Crippen LogP contribution in [0.3, 0.4) is 0 Å². The fourth-order valence-corrected chi connectivity index (χ4v) is 7.48. The third-order valence-corrected chi connectivity index (χ3v) is 9.98. The van der Waals surface area contributed by atoms with Gasteiger partial charge < -0.3 is 19.9 Å². The summed E-state index contributed by atoms with van der Waals surface area (Å²) in [6.45, 7) is 12.3. The van der Waals surface area contributed by atoms with Gasteiger partial charge >= 0.3 is 12.1 Å². The molecular formula is C38H44F5N3O4. The van der Waals surface area contributed by atoms with Gasteiger partial charge in [-0.2, -0.15) is 13.2 Å². The van der Waals surface area contributed by atoms with Crippen LogP contribution < -0.4 is 10.9 Å². The van der Waals surface area contributed by atoms with Gasteiger partial charge in [0.05, 0.1) is 18.0 Å². The predicted octanol–water partition coefficient (Wildman–Crippen LogP) is 7.60. The van der Waals surface area contributed by atoms with Gasteiger partial charge in [0.15, 0.2) is 0 Å². The molecule has 2 heterocycles. The topological polar surface area (TPSA) is 91.6 Å². The summed E-state index contributed by atoms with van der Waals surface area (Å²) in [7, 11) is 0. The van der Waals surface area contributed by atoms with Gasteiger partial charge in [0.2, 0.25) is 5.91 Å². The fraction of sp³-hybridized carbons (Fsp3) is 0.500. The molecule has 2 atom stereocenters. The number of amides is 1. The van der Waals surface area contributed by atoms with Crippen LogP contribution in [0, 0.1) is 50.7 Å². The first-order chi connectivity index (χ1) is 23.3. The lowest BCUT2D eigenvalue weighted by molar-refractivity contribution is -0.139. The molecule has 12 heteroatoms. The van der Waals surface area contributed by atoms with Crippen LogP contribution in [0.25, 0.3) is 11.1 Å². The fourth-order valence-electron chi connectivity index (χ4n) is 7.48. The largest absolute Gasteiger partial charge is 0.481 e. The summed E-state index contributed by atoms with van der Waals surface area (Å²) in [6.07, 6.45) is -2.45. The molecule has 2 aromatic carbocycles. The summed E-state index contributed by atoms with van der Waals surface area (Å²) in [5.41, 5.74) is 0.281. The van der Waals surface area contributed by atoms with Crippen LogP contribution in [-0.4, -0.2) is 46.1 Å². The van der Waals surface area contributed by atoms with Gasteiger partial charge in [0.25, 0.3) is 5.56 Å². The molecule has 1 aliphatic carbocycles. The van der Waals surface area contributed by atoms with E-state index >= 15 is 8.78 Å². The van der Waals surface area contributed by atoms with Crippen molar-refractivity contribution >= 4 is 11.9 Å². The standard InChI is InChI=1S/C38H44F5N3O4/c1-20(2)11-29(46-17-25(27(15-30(46)47)38(41,42)43)7-10-45-18-37(19-45)8-9-37)36(50)44-28(16-31(48)49)33-34(39)24(6)14-26(35(33)40)32-22(4)12-21(3)13-23(32)5/h12-15,17,20,28-29H,7-11,16,18-19H2,1-6H3,(H,44,50)(H,48,49)/t28-,29?/m0/s1. The van der Waals surface area contributed by atoms with E-state index in [-0.39, 0.29) is 35.4 Å². The summed E-state index contributed by atoms with van der Waals surface area (Å²) in [5.74, 6) is -4.71. The van der Waals surface area contributed by atoms with Crippen molar-refractivity contribution < 1.29 is 36.6 Å². The number of aryl methyl sites for hydroxylation is 4. The first-order valence-corrected chi connectivity index (χ1v) is 16.9. The number of hydrogen-bond donors (Lipinski definition) is 2. The highest BCUT2D eigenvalue weighted by atomic mass is 19.4. The number of nitrogens with one attached hydrogen (secondary N) is 1. The Morgan fingerprint density at radius 1 is 0.960 bits per heavy atom. The van der Waals surface area contributed by atoms with E-state index in [0.717, 1.165) is 42.3 Å². The minimum absolute atomic E-state index is 0.0107. The average Bonchev–Trinajstić information content (AvgIpc) is 3.77. The Morgan fingerprint density at radius 3 is 2.12 bits per heavy atom. The minimum atomic E-state index is -4.81. The lowest BCUT2D eigenvalue weighted by atomic mass is 9.88. The van der Waals surface area contributed by atoms with Crippen LogP contribution in [0.5, 0.6) is 0 Å². The molecule has 1 aliphatic heterocycles. The summed E-state index contributed by atoms with van der Waals surface area (Å²) in [4.78, 5) is 41.5. The average molecular weight is 702 g/mol. The highest BCUT2D eigenvalue weighted by molar-refractivity contribution is 5.82. The predicted molar refractivity (Wildman–Crippen MR) is 180 cm³/mol. The van der Waals surface area contributed by atoms with Crippen LogP contribution in [0.4, 0.5) is 22.0 Å². The van der Waals surface area contributed by atoms with Crippen LogP contribution >= 0.6 is 0 Å². The molecule has 0 radical (unpaired) electrons. The van der Waals surface area contributed by atoms with Crippen molar-refractivity contribution in [2.45, 2.75) is 91.9 Å². The normalized spacial score (nSPS) is 16.7. The van der Waals surface area contributed by atoms with Crippen molar-refractivity contribution in [1.29, 1.82) is 0 Å². The smallest absolute Gasteiger partial charge is 0.416 e. The first kappa shape index (κ1) is 37.2. The Bertz CT molecular complexity index is 1850. The van der Waals surface area contributed by atoms with E-state index < -0.39 is 64.9 Å². The molecule has 3 aromatic rings. The van der Waals surface area contributed by atoms with Gasteiger partial charge in [-0.25, -0.2) is 8.78 Å². The van der Waals surface area contributed by atoms with Crippen molar-refractivity contribution in [2.75, 3.05) is 19.6 Å². The molecule has 50 heavy (non-hydrogen) atoms. The zero-order valence-electron chi connectivity index (χ0n) is 29.2. The Labute approximate surface area is 288 Å². The molecule has 1 spiro atoms. The minimum Gasteiger partial charge on any atom is -0.481 e. The highest BCUT2D eigenvalue weighted by Gasteiger charge is 2.51. The van der Waals surface area contributed by atoms with E-state index in [1.165, 1.54) is 13.0 Å². The molecule has 2 N–H and O–H groups in total. The number of benzene rings is 2. The van der Waals surface area contributed by atoms with Crippen molar-refractivity contribution in [3.8, 4) is 11.1 Å². The summed E-state index contributed by atoms with van der Waals surface area (Å²) >= 11 is 0. The molecule has 7 nitrogen and oxygen atoms in total. The van der Waals surface area contributed by atoms with Crippen molar-refractivity contribution in [2.24, 2.45) is 11.3 Å². The van der Waals surface area contributed by atoms with Crippen molar-refractivity contribution in [3.05, 3.63) is 91.4 Å². The number of aliphatic carboxylic acids is 1. The van der Waals surface area contributed by atoms with Crippen LogP contribution in [0.15, 0.2) is 35.3 Å². The number of carbonyl (C=O) groups is 2. The summed E-state index contributed by atoms with van der Waals surface area (Å²) in [6, 6.07) is 2.42. The Kier molecular flexibility index (Phi) is 10.4. The number of nitrogens with zero attached hydrogens (tertiary/aromatic N) is 2. The number of carbonyl (C=O) groups excluding carboxylic acids is 1. The van der Waals surface area contributed by atoms with E-state index in [0.29, 0.717) is 34.7 Å². The number of carboxylic acid groups (broad SMARTS) is 1. The molecular weight excluding hydrogens is 657 g/mol. The molecule has 0 bridgehead atoms. The van der Waals surface area contributed by atoms with E-state index in [1.807, 2.05) is 19.1 Å². The van der Waals surface area contributed by atoms with Crippen LogP contribution in [-0.2, 0) is 22.2 Å². The monoisotopic (exact) mass is 701 g/mol. The second-order valence-corrected chi connectivity index (χ2v) is 14.8. The molecule has 2 fully saturated rings. The molecule has 1 aromatic heterocycles. The highest BCUT2D eigenvalue weighted by Crippen LogP contribution is 2.52. The van der Waals surface area contributed by atoms with Gasteiger partial charge in [-0.05, 0) is 98.6 Å². The van der Waals surface area contributed by atoms with E-state index in [4.69, 9.17) is 0 Å². The van der Waals surface area contributed by atoms with Gasteiger partial charge in [-0.1, -0.05) is 31.5 Å². The lowest BCUT2D eigenvalue weighted by Gasteiger charge is -2.40. The second kappa shape index (κ2) is 13.9. The molecule has 270 valence electrons. The van der Waals surface area contributed by atoms with Gasteiger partial charge in [0, 0.05) is 43.0 Å². The van der Waals surface area contributed by atoms with E-state index in [2.05, 4.69) is 10.2 Å². The Balaban J connectivity index is 1.54. The zero-order chi connectivity index (χ0) is 36.9. The third kappa shape index (κ3) is 7.80. The van der Waals surface area contributed by atoms with Gasteiger partial charge in [-0.3, -0.25) is 14.4 Å². The molecule has 1 unspecified atom stereocenters. The quantitative estimate of drug-likeness (QED) is 0.190. The third-order valence-electron chi connectivity index (χ3n) is 9.98. The Hall–Kier alpha value is -4.06. The van der Waals surface area contributed by atoms with E-state index in [1.54, 1.807) is 27.7 Å². The lowest BCUT2D eigenvalue weighted by Crippen LogP contribution is -2.49. The van der Waals surface area contributed by atoms with E-state index in [9.17, 15) is 32.7 Å². The Morgan fingerprint density at radius 2 is 1.58 bits per heavy atom. The maximum absolute atomic E-state index is 16.5. The maximum Gasteiger partial charge on any atom is 0.416 e. The number of likely N-dealkylation sites (tertiary alicyclic amines) is 1. The molecule has 1 saturated carbocycles. The van der Waals surface area contributed by atoms with Gasteiger partial charge in [0.1, 0.15) is 17.7 Å². The van der Waals surface area contributed by atoms with Crippen LogP contribution in [0.1, 0.15) is 90.6 Å². The number of alkyl halides is 3. The van der Waals surface area contributed by atoms with Gasteiger partial charge in [-0.15, -0.1) is 0 Å². The second-order valence-electron chi connectivity index (χ2n) is 14.8. The number of halogens is 5. The summed E-state index contributed by atoms with van der Waals surface area (Å²) < 4.78 is 75.7. The number of pyridine rings is 1. The molecule has 2 aliphatic rings.